The van der Waals surface area contributed by atoms with Gasteiger partial charge in [0.2, 0.25) is 0 Å². The molecular weight excluding hydrogens is 336 g/mol. The Labute approximate surface area is 162 Å². The molecule has 3 rings (SSSR count). The summed E-state index contributed by atoms with van der Waals surface area (Å²) in [5, 5.41) is 9.71. The summed E-state index contributed by atoms with van der Waals surface area (Å²) < 4.78 is 0. The molecule has 4 heteroatoms. The van der Waals surface area contributed by atoms with Crippen LogP contribution >= 0.6 is 0 Å². The number of likely N-dealkylation sites (tertiary alicyclic amines) is 1. The summed E-state index contributed by atoms with van der Waals surface area (Å²) in [5.41, 5.74) is 4.75. The molecular formula is C23H30N2O2. The predicted octanol–water partition coefficient (Wildman–Crippen LogP) is 4.51. The molecule has 2 unspecified atom stereocenters. The molecule has 0 radical (unpaired) electrons. The molecule has 0 aliphatic carbocycles. The molecule has 27 heavy (non-hydrogen) atoms. The number of anilines is 1. The Hall–Kier alpha value is -2.33. The van der Waals surface area contributed by atoms with E-state index in [0.717, 1.165) is 29.8 Å². The van der Waals surface area contributed by atoms with Crippen molar-refractivity contribution in [1.29, 1.82) is 0 Å². The van der Waals surface area contributed by atoms with Crippen LogP contribution < -0.4 is 4.90 Å². The van der Waals surface area contributed by atoms with Gasteiger partial charge in [-0.1, -0.05) is 50.2 Å². The molecule has 1 aliphatic heterocycles. The third-order valence-electron chi connectivity index (χ3n) is 5.56. The minimum absolute atomic E-state index is 0.0361. The number of rotatable bonds is 6. The Kier molecular flexibility index (Phi) is 5.85. The van der Waals surface area contributed by atoms with E-state index in [1.807, 2.05) is 14.1 Å². The third-order valence-corrected chi connectivity index (χ3v) is 5.56. The number of aliphatic carboxylic acids is 1. The first-order chi connectivity index (χ1) is 12.9. The van der Waals surface area contributed by atoms with Gasteiger partial charge in [0, 0.05) is 26.3 Å². The molecule has 4 nitrogen and oxygen atoms in total. The highest BCUT2D eigenvalue weighted by atomic mass is 16.4. The van der Waals surface area contributed by atoms with Crippen LogP contribution in [0.25, 0.3) is 0 Å². The molecule has 1 saturated heterocycles. The summed E-state index contributed by atoms with van der Waals surface area (Å²) >= 11 is 0. The van der Waals surface area contributed by atoms with Crippen molar-refractivity contribution >= 4 is 11.7 Å². The van der Waals surface area contributed by atoms with E-state index in [1.165, 1.54) is 5.56 Å². The van der Waals surface area contributed by atoms with E-state index < -0.39 is 12.0 Å². The summed E-state index contributed by atoms with van der Waals surface area (Å²) in [4.78, 5) is 16.0. The summed E-state index contributed by atoms with van der Waals surface area (Å²) in [5.74, 6) is -0.239. The van der Waals surface area contributed by atoms with Gasteiger partial charge in [-0.3, -0.25) is 9.69 Å². The maximum Gasteiger partial charge on any atom is 0.320 e. The average Bonchev–Trinajstić information content (AvgIpc) is 3.12. The fraction of sp³-hybridized carbons (Fsp3) is 0.435. The van der Waals surface area contributed by atoms with Gasteiger partial charge in [-0.25, -0.2) is 0 Å². The number of nitrogens with zero attached hydrogens (tertiary/aromatic N) is 2. The van der Waals surface area contributed by atoms with Crippen LogP contribution in [-0.2, 0) is 4.79 Å². The van der Waals surface area contributed by atoms with Crippen LogP contribution in [0.1, 0.15) is 55.3 Å². The molecule has 2 atom stereocenters. The van der Waals surface area contributed by atoms with Crippen molar-refractivity contribution in [3.8, 4) is 0 Å². The SMILES string of the molecule is CC(C)c1ccc(C(c2ccc(N(C)C)cc2)N2CCCC2C(=O)O)cc1. The van der Waals surface area contributed by atoms with Crippen molar-refractivity contribution in [2.75, 3.05) is 25.5 Å². The molecule has 1 N–H and O–H groups in total. The zero-order valence-electron chi connectivity index (χ0n) is 16.7. The number of carboxylic acids is 1. The maximum atomic E-state index is 11.8. The molecule has 0 saturated carbocycles. The average molecular weight is 367 g/mol. The van der Waals surface area contributed by atoms with Crippen molar-refractivity contribution in [2.45, 2.75) is 44.7 Å². The molecule has 0 aromatic heterocycles. The van der Waals surface area contributed by atoms with Crippen LogP contribution in [0.15, 0.2) is 48.5 Å². The van der Waals surface area contributed by atoms with Gasteiger partial charge in [-0.15, -0.1) is 0 Å². The number of benzene rings is 2. The first-order valence-electron chi connectivity index (χ1n) is 9.74. The second-order valence-corrected chi connectivity index (χ2v) is 7.94. The van der Waals surface area contributed by atoms with Gasteiger partial charge >= 0.3 is 5.97 Å². The van der Waals surface area contributed by atoms with E-state index in [2.05, 4.69) is 72.2 Å². The lowest BCUT2D eigenvalue weighted by Crippen LogP contribution is -2.39. The van der Waals surface area contributed by atoms with E-state index in [4.69, 9.17) is 0 Å². The zero-order chi connectivity index (χ0) is 19.6. The fourth-order valence-corrected chi connectivity index (χ4v) is 3.96. The second kappa shape index (κ2) is 8.13. The lowest BCUT2D eigenvalue weighted by molar-refractivity contribution is -0.142. The van der Waals surface area contributed by atoms with Crippen molar-refractivity contribution in [2.24, 2.45) is 0 Å². The van der Waals surface area contributed by atoms with E-state index in [1.54, 1.807) is 0 Å². The van der Waals surface area contributed by atoms with Gasteiger partial charge in [-0.05, 0) is 47.6 Å². The number of carbonyl (C=O) groups is 1. The van der Waals surface area contributed by atoms with Crippen LogP contribution in [-0.4, -0.2) is 42.7 Å². The van der Waals surface area contributed by atoms with Gasteiger partial charge < -0.3 is 10.0 Å². The normalized spacial score (nSPS) is 18.6. The molecule has 144 valence electrons. The highest BCUT2D eigenvalue weighted by molar-refractivity contribution is 5.74. The van der Waals surface area contributed by atoms with Gasteiger partial charge in [0.25, 0.3) is 0 Å². The largest absolute Gasteiger partial charge is 0.480 e. The fourth-order valence-electron chi connectivity index (χ4n) is 3.96. The Bertz CT molecular complexity index is 714. The van der Waals surface area contributed by atoms with E-state index in [-0.39, 0.29) is 6.04 Å². The molecule has 0 spiro atoms. The van der Waals surface area contributed by atoms with E-state index in [9.17, 15) is 9.90 Å². The lowest BCUT2D eigenvalue weighted by atomic mass is 9.93. The first-order valence-corrected chi connectivity index (χ1v) is 9.74. The molecule has 0 amide bonds. The van der Waals surface area contributed by atoms with Crippen LogP contribution in [0, 0.1) is 0 Å². The second-order valence-electron chi connectivity index (χ2n) is 7.94. The monoisotopic (exact) mass is 366 g/mol. The van der Waals surface area contributed by atoms with Crippen LogP contribution in [0.5, 0.6) is 0 Å². The number of hydrogen-bond acceptors (Lipinski definition) is 3. The Morgan fingerprint density at radius 3 is 2.00 bits per heavy atom. The van der Waals surface area contributed by atoms with Crippen molar-refractivity contribution in [3.63, 3.8) is 0 Å². The minimum Gasteiger partial charge on any atom is -0.480 e. The molecule has 1 aliphatic rings. The highest BCUT2D eigenvalue weighted by Crippen LogP contribution is 2.36. The summed E-state index contributed by atoms with van der Waals surface area (Å²) in [6.07, 6.45) is 1.64. The minimum atomic E-state index is -0.721. The molecule has 2 aromatic rings. The van der Waals surface area contributed by atoms with Gasteiger partial charge in [0.15, 0.2) is 0 Å². The van der Waals surface area contributed by atoms with Gasteiger partial charge in [0.05, 0.1) is 6.04 Å². The van der Waals surface area contributed by atoms with Crippen LogP contribution in [0.4, 0.5) is 5.69 Å². The number of carboxylic acid groups (broad SMARTS) is 1. The van der Waals surface area contributed by atoms with E-state index >= 15 is 0 Å². The molecule has 1 fully saturated rings. The maximum absolute atomic E-state index is 11.8. The highest BCUT2D eigenvalue weighted by Gasteiger charge is 2.36. The Morgan fingerprint density at radius 1 is 1.00 bits per heavy atom. The van der Waals surface area contributed by atoms with Crippen LogP contribution in [0.2, 0.25) is 0 Å². The lowest BCUT2D eigenvalue weighted by Gasteiger charge is -2.32. The smallest absolute Gasteiger partial charge is 0.320 e. The quantitative estimate of drug-likeness (QED) is 0.817. The summed E-state index contributed by atoms with van der Waals surface area (Å²) in [6.45, 7) is 5.18. The zero-order valence-corrected chi connectivity index (χ0v) is 16.7. The van der Waals surface area contributed by atoms with Crippen molar-refractivity contribution in [3.05, 3.63) is 65.2 Å². The van der Waals surface area contributed by atoms with E-state index in [0.29, 0.717) is 12.3 Å². The Balaban J connectivity index is 2.01. The third kappa shape index (κ3) is 4.16. The summed E-state index contributed by atoms with van der Waals surface area (Å²) in [7, 11) is 4.05. The Morgan fingerprint density at radius 2 is 1.52 bits per heavy atom. The molecule has 1 heterocycles. The summed E-state index contributed by atoms with van der Waals surface area (Å²) in [6, 6.07) is 16.7. The topological polar surface area (TPSA) is 43.8 Å². The van der Waals surface area contributed by atoms with Gasteiger partial charge in [-0.2, -0.15) is 0 Å². The first kappa shape index (κ1) is 19.4. The van der Waals surface area contributed by atoms with Gasteiger partial charge in [0.1, 0.15) is 6.04 Å². The predicted molar refractivity (Wildman–Crippen MR) is 111 cm³/mol. The molecule has 2 aromatic carbocycles. The number of hydrogen-bond donors (Lipinski definition) is 1. The molecule has 0 bridgehead atoms. The van der Waals surface area contributed by atoms with Crippen molar-refractivity contribution < 1.29 is 9.90 Å². The van der Waals surface area contributed by atoms with Crippen molar-refractivity contribution in [1.82, 2.24) is 4.90 Å². The van der Waals surface area contributed by atoms with Crippen LogP contribution in [0.3, 0.4) is 0 Å². The standard InChI is InChI=1S/C23H30N2O2/c1-16(2)17-7-9-18(10-8-17)22(25-15-5-6-21(25)23(26)27)19-11-13-20(14-12-19)24(3)4/h7-14,16,21-22H,5-6,15H2,1-4H3,(H,26,27).